The summed E-state index contributed by atoms with van der Waals surface area (Å²) in [6, 6.07) is 8.11. The van der Waals surface area contributed by atoms with Crippen LogP contribution < -0.4 is 5.73 Å². The Morgan fingerprint density at radius 1 is 1.29 bits per heavy atom. The fraction of sp³-hybridized carbons (Fsp3) is 0.438. The zero-order chi connectivity index (χ0) is 15.4. The summed E-state index contributed by atoms with van der Waals surface area (Å²) in [6.07, 6.45) is 4.90. The van der Waals surface area contributed by atoms with Crippen LogP contribution in [0.1, 0.15) is 50.0 Å². The van der Waals surface area contributed by atoms with E-state index in [0.717, 1.165) is 28.6 Å². The molecular formula is C16H21BrClN3. The highest BCUT2D eigenvalue weighted by molar-refractivity contribution is 9.10. The summed E-state index contributed by atoms with van der Waals surface area (Å²) in [5.74, 6) is 0. The van der Waals surface area contributed by atoms with Crippen LogP contribution in [0.3, 0.4) is 0 Å². The van der Waals surface area contributed by atoms with Gasteiger partial charge in [-0.15, -0.1) is 0 Å². The molecule has 5 heteroatoms. The van der Waals surface area contributed by atoms with Gasteiger partial charge in [0.1, 0.15) is 0 Å². The van der Waals surface area contributed by atoms with Crippen molar-refractivity contribution >= 4 is 27.5 Å². The van der Waals surface area contributed by atoms with Crippen molar-refractivity contribution in [3.63, 3.8) is 0 Å². The highest BCUT2D eigenvalue weighted by atomic mass is 79.9. The largest absolute Gasteiger partial charge is 0.324 e. The van der Waals surface area contributed by atoms with Crippen LogP contribution in [0.5, 0.6) is 0 Å². The fourth-order valence-electron chi connectivity index (χ4n) is 2.49. The molecule has 2 N–H and O–H groups in total. The average Bonchev–Trinajstić information content (AvgIpc) is 2.91. The molecule has 1 aromatic carbocycles. The maximum absolute atomic E-state index is 6.29. The van der Waals surface area contributed by atoms with E-state index in [0.29, 0.717) is 17.5 Å². The van der Waals surface area contributed by atoms with Gasteiger partial charge in [-0.05, 0) is 42.7 Å². The number of benzene rings is 1. The minimum atomic E-state index is -0.153. The molecule has 2 aromatic rings. The molecule has 0 radical (unpaired) electrons. The molecule has 0 aliphatic carbocycles. The van der Waals surface area contributed by atoms with Crippen molar-refractivity contribution in [1.82, 2.24) is 9.78 Å². The van der Waals surface area contributed by atoms with Gasteiger partial charge in [0.05, 0.1) is 11.7 Å². The lowest BCUT2D eigenvalue weighted by atomic mass is 10.0. The summed E-state index contributed by atoms with van der Waals surface area (Å²) >= 11 is 9.69. The molecule has 2 rings (SSSR count). The Labute approximate surface area is 139 Å². The molecule has 0 bridgehead atoms. The van der Waals surface area contributed by atoms with Crippen molar-refractivity contribution in [1.29, 1.82) is 0 Å². The van der Waals surface area contributed by atoms with E-state index < -0.39 is 0 Å². The second kappa shape index (κ2) is 7.43. The molecule has 1 heterocycles. The zero-order valence-electron chi connectivity index (χ0n) is 12.4. The number of hydrogen-bond donors (Lipinski definition) is 1. The van der Waals surface area contributed by atoms with Crippen LogP contribution in [0.4, 0.5) is 0 Å². The summed E-state index contributed by atoms with van der Waals surface area (Å²) in [5.41, 5.74) is 8.24. The Morgan fingerprint density at radius 3 is 2.67 bits per heavy atom. The molecule has 1 unspecified atom stereocenters. The summed E-state index contributed by atoms with van der Waals surface area (Å²) < 4.78 is 3.03. The highest BCUT2D eigenvalue weighted by Crippen LogP contribution is 2.27. The molecule has 0 saturated carbocycles. The normalized spacial score (nSPS) is 12.9. The molecule has 21 heavy (non-hydrogen) atoms. The SMILES string of the molecule is CCC(CC)n1ccc(CC(N)c2cc(Br)ccc2Cl)n1. The molecule has 0 aliphatic rings. The van der Waals surface area contributed by atoms with Gasteiger partial charge in [-0.2, -0.15) is 5.10 Å². The molecule has 1 aromatic heterocycles. The molecular weight excluding hydrogens is 350 g/mol. The number of hydrogen-bond acceptors (Lipinski definition) is 2. The third kappa shape index (κ3) is 4.09. The van der Waals surface area contributed by atoms with E-state index in [-0.39, 0.29) is 6.04 Å². The van der Waals surface area contributed by atoms with Crippen LogP contribution in [0.15, 0.2) is 34.9 Å². The first kappa shape index (κ1) is 16.5. The van der Waals surface area contributed by atoms with Crippen molar-refractivity contribution in [2.75, 3.05) is 0 Å². The van der Waals surface area contributed by atoms with E-state index >= 15 is 0 Å². The lowest BCUT2D eigenvalue weighted by molar-refractivity contribution is 0.424. The van der Waals surface area contributed by atoms with E-state index in [1.807, 2.05) is 35.1 Å². The lowest BCUT2D eigenvalue weighted by Crippen LogP contribution is -2.15. The zero-order valence-corrected chi connectivity index (χ0v) is 14.7. The topological polar surface area (TPSA) is 43.8 Å². The van der Waals surface area contributed by atoms with Crippen LogP contribution in [-0.4, -0.2) is 9.78 Å². The maximum atomic E-state index is 6.29. The first-order valence-corrected chi connectivity index (χ1v) is 8.46. The Kier molecular flexibility index (Phi) is 5.85. The van der Waals surface area contributed by atoms with Crippen LogP contribution in [0.25, 0.3) is 0 Å². The minimum Gasteiger partial charge on any atom is -0.324 e. The Bertz CT molecular complexity index is 593. The van der Waals surface area contributed by atoms with Crippen molar-refractivity contribution in [3.05, 3.63) is 51.2 Å². The molecule has 0 saturated heterocycles. The van der Waals surface area contributed by atoms with Crippen LogP contribution in [0.2, 0.25) is 5.02 Å². The second-order valence-corrected chi connectivity index (χ2v) is 6.56. The van der Waals surface area contributed by atoms with Gasteiger partial charge in [0.15, 0.2) is 0 Å². The standard InChI is InChI=1S/C16H21BrClN3/c1-3-13(4-2)21-8-7-12(20-21)10-16(19)14-9-11(17)5-6-15(14)18/h5-9,13,16H,3-4,10,19H2,1-2H3. The molecule has 0 fully saturated rings. The Morgan fingerprint density at radius 2 is 2.00 bits per heavy atom. The number of halogens is 2. The van der Waals surface area contributed by atoms with Gasteiger partial charge < -0.3 is 5.73 Å². The summed E-state index contributed by atoms with van der Waals surface area (Å²) in [6.45, 7) is 4.37. The van der Waals surface area contributed by atoms with Crippen LogP contribution in [-0.2, 0) is 6.42 Å². The quantitative estimate of drug-likeness (QED) is 0.785. The highest BCUT2D eigenvalue weighted by Gasteiger charge is 2.14. The smallest absolute Gasteiger partial charge is 0.0643 e. The van der Waals surface area contributed by atoms with E-state index in [1.165, 1.54) is 0 Å². The predicted octanol–water partition coefficient (Wildman–Crippen LogP) is 4.90. The van der Waals surface area contributed by atoms with Crippen LogP contribution in [0, 0.1) is 0 Å². The first-order chi connectivity index (χ1) is 10.0. The van der Waals surface area contributed by atoms with Gasteiger partial charge >= 0.3 is 0 Å². The van der Waals surface area contributed by atoms with Crippen molar-refractivity contribution in [2.45, 2.75) is 45.2 Å². The second-order valence-electron chi connectivity index (χ2n) is 5.23. The third-order valence-electron chi connectivity index (χ3n) is 3.77. The molecule has 0 amide bonds. The van der Waals surface area contributed by atoms with E-state index in [2.05, 4.69) is 34.9 Å². The van der Waals surface area contributed by atoms with E-state index in [4.69, 9.17) is 17.3 Å². The molecule has 1 atom stereocenters. The molecule has 0 aliphatic heterocycles. The van der Waals surface area contributed by atoms with E-state index in [9.17, 15) is 0 Å². The summed E-state index contributed by atoms with van der Waals surface area (Å²) in [7, 11) is 0. The van der Waals surface area contributed by atoms with Gasteiger partial charge in [0, 0.05) is 28.2 Å². The molecule has 3 nitrogen and oxygen atoms in total. The van der Waals surface area contributed by atoms with Crippen molar-refractivity contribution in [3.8, 4) is 0 Å². The number of rotatable bonds is 6. The maximum Gasteiger partial charge on any atom is 0.0643 e. The number of aromatic nitrogens is 2. The predicted molar refractivity (Wildman–Crippen MR) is 91.6 cm³/mol. The van der Waals surface area contributed by atoms with Gasteiger partial charge in [-0.25, -0.2) is 0 Å². The molecule has 0 spiro atoms. The lowest BCUT2D eigenvalue weighted by Gasteiger charge is -2.14. The Hall–Kier alpha value is -0.840. The van der Waals surface area contributed by atoms with Gasteiger partial charge in [-0.1, -0.05) is 41.4 Å². The monoisotopic (exact) mass is 369 g/mol. The third-order valence-corrected chi connectivity index (χ3v) is 4.60. The van der Waals surface area contributed by atoms with Crippen molar-refractivity contribution in [2.24, 2.45) is 5.73 Å². The van der Waals surface area contributed by atoms with E-state index in [1.54, 1.807) is 0 Å². The summed E-state index contributed by atoms with van der Waals surface area (Å²) in [5, 5.41) is 5.35. The van der Waals surface area contributed by atoms with Gasteiger partial charge in [0.2, 0.25) is 0 Å². The minimum absolute atomic E-state index is 0.153. The van der Waals surface area contributed by atoms with Crippen molar-refractivity contribution < 1.29 is 0 Å². The van der Waals surface area contributed by atoms with Gasteiger partial charge in [0.25, 0.3) is 0 Å². The van der Waals surface area contributed by atoms with Crippen LogP contribution >= 0.6 is 27.5 Å². The number of nitrogens with zero attached hydrogens (tertiary/aromatic N) is 2. The fourth-order valence-corrected chi connectivity index (χ4v) is 3.12. The molecule has 114 valence electrons. The summed E-state index contributed by atoms with van der Waals surface area (Å²) in [4.78, 5) is 0. The first-order valence-electron chi connectivity index (χ1n) is 7.29. The Balaban J connectivity index is 2.12. The van der Waals surface area contributed by atoms with Gasteiger partial charge in [-0.3, -0.25) is 4.68 Å². The average molecular weight is 371 g/mol. The number of nitrogens with two attached hydrogens (primary N) is 1.